The van der Waals surface area contributed by atoms with E-state index in [-0.39, 0.29) is 29.5 Å². The van der Waals surface area contributed by atoms with Crippen LogP contribution in [0.3, 0.4) is 0 Å². The van der Waals surface area contributed by atoms with E-state index in [4.69, 9.17) is 19.2 Å². The van der Waals surface area contributed by atoms with Crippen LogP contribution in [0, 0.1) is 32.8 Å². The summed E-state index contributed by atoms with van der Waals surface area (Å²) in [6.07, 6.45) is 1.13. The second kappa shape index (κ2) is 5.73. The van der Waals surface area contributed by atoms with Crippen molar-refractivity contribution in [3.05, 3.63) is 10.1 Å². The summed E-state index contributed by atoms with van der Waals surface area (Å²) in [5.74, 6) is -1.77. The Kier molecular flexibility index (Phi) is 3.99. The standard InChI is InChI=1S/C19H28N2O6/c1-17(2)11-6-7-19(17,5)15-14(11)20-13(16(22)26-15)10(8-21(23)24)12-9-25-18(3,4)27-12/h10-13,15H,6-9H2,1-5H3/t10-,11-,12-,13-,15-,19+/m1/s1. The summed E-state index contributed by atoms with van der Waals surface area (Å²) in [5, 5.41) is 11.3. The zero-order valence-corrected chi connectivity index (χ0v) is 16.6. The van der Waals surface area contributed by atoms with Crippen molar-refractivity contribution in [3.63, 3.8) is 0 Å². The molecule has 6 atom stereocenters. The Bertz CT molecular complexity index is 717. The van der Waals surface area contributed by atoms with Crippen molar-refractivity contribution >= 4 is 11.7 Å². The third-order valence-electron chi connectivity index (χ3n) is 7.54. The van der Waals surface area contributed by atoms with Gasteiger partial charge in [0.25, 0.3) is 0 Å². The number of aliphatic imine (C=N–C) groups is 1. The summed E-state index contributed by atoms with van der Waals surface area (Å²) < 4.78 is 17.3. The van der Waals surface area contributed by atoms with Gasteiger partial charge in [-0.25, -0.2) is 4.79 Å². The zero-order chi connectivity index (χ0) is 19.8. The highest BCUT2D eigenvalue weighted by Crippen LogP contribution is 2.65. The van der Waals surface area contributed by atoms with Gasteiger partial charge in [0.05, 0.1) is 24.3 Å². The average Bonchev–Trinajstić information content (AvgIpc) is 3.08. The van der Waals surface area contributed by atoms with Crippen molar-refractivity contribution in [1.82, 2.24) is 0 Å². The number of esters is 1. The number of nitro groups is 1. The maximum atomic E-state index is 12.9. The molecule has 150 valence electrons. The van der Waals surface area contributed by atoms with E-state index in [9.17, 15) is 14.9 Å². The molecule has 2 aliphatic carbocycles. The molecule has 0 spiro atoms. The molecule has 8 nitrogen and oxygen atoms in total. The number of carbonyl (C=O) groups excluding carboxylic acids is 1. The van der Waals surface area contributed by atoms with Gasteiger partial charge in [0.1, 0.15) is 6.10 Å². The highest BCUT2D eigenvalue weighted by Gasteiger charge is 2.68. The summed E-state index contributed by atoms with van der Waals surface area (Å²) in [5.41, 5.74) is 0.758. The van der Waals surface area contributed by atoms with Crippen LogP contribution in [0.2, 0.25) is 0 Å². The van der Waals surface area contributed by atoms with E-state index in [2.05, 4.69) is 20.8 Å². The number of hydrogen-bond donors (Lipinski definition) is 0. The third kappa shape index (κ3) is 2.63. The lowest BCUT2D eigenvalue weighted by Gasteiger charge is -2.40. The van der Waals surface area contributed by atoms with Gasteiger partial charge in [-0.3, -0.25) is 15.1 Å². The summed E-state index contributed by atoms with van der Waals surface area (Å²) in [7, 11) is 0. The topological polar surface area (TPSA) is 100 Å². The molecule has 2 bridgehead atoms. The fraction of sp³-hybridized carbons (Fsp3) is 0.895. The van der Waals surface area contributed by atoms with E-state index in [1.807, 2.05) is 0 Å². The number of hydrogen-bond acceptors (Lipinski definition) is 7. The minimum Gasteiger partial charge on any atom is -0.454 e. The Labute approximate surface area is 158 Å². The molecule has 0 unspecified atom stereocenters. The van der Waals surface area contributed by atoms with Gasteiger partial charge in [-0.2, -0.15) is 0 Å². The van der Waals surface area contributed by atoms with Gasteiger partial charge in [0.15, 0.2) is 11.8 Å². The Balaban J connectivity index is 1.68. The normalized spacial score (nSPS) is 42.4. The van der Waals surface area contributed by atoms with Crippen LogP contribution in [-0.2, 0) is 19.0 Å². The predicted molar refractivity (Wildman–Crippen MR) is 96.0 cm³/mol. The lowest BCUT2D eigenvalue weighted by atomic mass is 9.70. The third-order valence-corrected chi connectivity index (χ3v) is 7.54. The predicted octanol–water partition coefficient (Wildman–Crippen LogP) is 2.22. The number of rotatable bonds is 4. The molecule has 4 rings (SSSR count). The van der Waals surface area contributed by atoms with Crippen LogP contribution in [-0.4, -0.2) is 53.8 Å². The molecule has 27 heavy (non-hydrogen) atoms. The van der Waals surface area contributed by atoms with Crippen molar-refractivity contribution in [2.24, 2.45) is 27.7 Å². The van der Waals surface area contributed by atoms with Crippen molar-refractivity contribution in [3.8, 4) is 0 Å². The van der Waals surface area contributed by atoms with E-state index in [0.29, 0.717) is 0 Å². The highest BCUT2D eigenvalue weighted by atomic mass is 16.7. The first-order chi connectivity index (χ1) is 12.5. The molecule has 3 fully saturated rings. The fourth-order valence-corrected chi connectivity index (χ4v) is 5.56. The minimum absolute atomic E-state index is 0.0147. The maximum absolute atomic E-state index is 12.9. The van der Waals surface area contributed by atoms with Gasteiger partial charge >= 0.3 is 5.97 Å². The van der Waals surface area contributed by atoms with Gasteiger partial charge in [-0.1, -0.05) is 20.8 Å². The number of carbonyl (C=O) groups is 1. The summed E-state index contributed by atoms with van der Waals surface area (Å²) in [4.78, 5) is 28.5. The monoisotopic (exact) mass is 380 g/mol. The molecule has 2 saturated carbocycles. The van der Waals surface area contributed by atoms with Crippen molar-refractivity contribution in [1.29, 1.82) is 0 Å². The molecule has 0 aromatic carbocycles. The number of ether oxygens (including phenoxy) is 3. The van der Waals surface area contributed by atoms with Gasteiger partial charge in [0, 0.05) is 16.3 Å². The first kappa shape index (κ1) is 18.8. The van der Waals surface area contributed by atoms with Crippen LogP contribution in [0.25, 0.3) is 0 Å². The molecule has 8 heteroatoms. The lowest BCUT2D eigenvalue weighted by Crippen LogP contribution is -2.51. The molecule has 0 N–H and O–H groups in total. The van der Waals surface area contributed by atoms with E-state index in [1.165, 1.54) is 0 Å². The van der Waals surface area contributed by atoms with Crippen LogP contribution in [0.15, 0.2) is 4.99 Å². The maximum Gasteiger partial charge on any atom is 0.332 e. The van der Waals surface area contributed by atoms with E-state index in [1.54, 1.807) is 13.8 Å². The molecule has 0 amide bonds. The Morgan fingerprint density at radius 2 is 2.00 bits per heavy atom. The van der Waals surface area contributed by atoms with Crippen LogP contribution in [0.5, 0.6) is 0 Å². The van der Waals surface area contributed by atoms with E-state index >= 15 is 0 Å². The Morgan fingerprint density at radius 1 is 1.30 bits per heavy atom. The summed E-state index contributed by atoms with van der Waals surface area (Å²) in [6, 6.07) is -0.914. The second-order valence-electron chi connectivity index (χ2n) is 9.59. The SMILES string of the molecule is CC1(C)OC[C@H]([C@@H](C[N+](=O)[O-])[C@H]2N=C3[C@H]4CC[C@@](C)([C@@H]3OC2=O)C4(C)C)O1. The van der Waals surface area contributed by atoms with Crippen molar-refractivity contribution < 1.29 is 23.9 Å². The lowest BCUT2D eigenvalue weighted by molar-refractivity contribution is -0.491. The molecule has 0 aromatic rings. The van der Waals surface area contributed by atoms with Crippen molar-refractivity contribution in [2.75, 3.05) is 13.2 Å². The number of nitrogens with zero attached hydrogens (tertiary/aromatic N) is 2. The number of fused-ring (bicyclic) bond motifs is 5. The van der Waals surface area contributed by atoms with Crippen LogP contribution < -0.4 is 0 Å². The van der Waals surface area contributed by atoms with E-state index in [0.717, 1.165) is 18.6 Å². The minimum atomic E-state index is -0.914. The van der Waals surface area contributed by atoms with E-state index < -0.39 is 41.3 Å². The highest BCUT2D eigenvalue weighted by molar-refractivity contribution is 6.01. The smallest absolute Gasteiger partial charge is 0.332 e. The summed E-state index contributed by atoms with van der Waals surface area (Å²) >= 11 is 0. The molecule has 1 saturated heterocycles. The first-order valence-electron chi connectivity index (χ1n) is 9.68. The molecule has 0 aromatic heterocycles. The Morgan fingerprint density at radius 3 is 2.59 bits per heavy atom. The van der Waals surface area contributed by atoms with Gasteiger partial charge in [0.2, 0.25) is 6.54 Å². The molecule has 0 radical (unpaired) electrons. The van der Waals surface area contributed by atoms with Crippen LogP contribution >= 0.6 is 0 Å². The quantitative estimate of drug-likeness (QED) is 0.421. The largest absolute Gasteiger partial charge is 0.454 e. The zero-order valence-electron chi connectivity index (χ0n) is 16.6. The molecular formula is C19H28N2O6. The fourth-order valence-electron chi connectivity index (χ4n) is 5.56. The van der Waals surface area contributed by atoms with Crippen LogP contribution in [0.4, 0.5) is 0 Å². The molecule has 2 aliphatic heterocycles. The second-order valence-corrected chi connectivity index (χ2v) is 9.59. The van der Waals surface area contributed by atoms with Gasteiger partial charge < -0.3 is 14.2 Å². The van der Waals surface area contributed by atoms with Gasteiger partial charge in [-0.15, -0.1) is 0 Å². The Hall–Kier alpha value is -1.54. The molecular weight excluding hydrogens is 352 g/mol. The van der Waals surface area contributed by atoms with Crippen molar-refractivity contribution in [2.45, 2.75) is 71.5 Å². The molecule has 2 heterocycles. The molecule has 4 aliphatic rings. The first-order valence-corrected chi connectivity index (χ1v) is 9.68. The average molecular weight is 380 g/mol. The van der Waals surface area contributed by atoms with Gasteiger partial charge in [-0.05, 0) is 32.1 Å². The summed E-state index contributed by atoms with van der Waals surface area (Å²) in [6.45, 7) is 9.90. The van der Waals surface area contributed by atoms with Crippen LogP contribution in [0.1, 0.15) is 47.5 Å².